The second-order valence-corrected chi connectivity index (χ2v) is 12.1. The Kier molecular flexibility index (Phi) is 54.1. The number of carboxylic acids is 2. The van der Waals surface area contributed by atoms with Crippen molar-refractivity contribution in [2.75, 3.05) is 0 Å². The van der Waals surface area contributed by atoms with Crippen molar-refractivity contribution in [3.05, 3.63) is 0 Å². The summed E-state index contributed by atoms with van der Waals surface area (Å²) < 4.78 is 0. The Morgan fingerprint density at radius 2 is 0.452 bits per heavy atom. The number of carbonyl (C=O) groups is 2. The van der Waals surface area contributed by atoms with E-state index in [0.29, 0.717) is 0 Å². The molecule has 0 aromatic heterocycles. The van der Waals surface area contributed by atoms with Gasteiger partial charge < -0.3 is 19.8 Å². The molecule has 0 bridgehead atoms. The van der Waals surface area contributed by atoms with E-state index in [0.717, 1.165) is 25.7 Å². The summed E-state index contributed by atoms with van der Waals surface area (Å²) in [5, 5.41) is 20.4. The molecule has 0 saturated heterocycles. The number of hydrogen-bond donors (Lipinski definition) is 0. The zero-order valence-corrected chi connectivity index (χ0v) is 34.0. The van der Waals surface area contributed by atoms with Gasteiger partial charge in [0, 0.05) is 11.9 Å². The summed E-state index contributed by atoms with van der Waals surface area (Å²) >= 11 is 0. The minimum atomic E-state index is -0.903. The van der Waals surface area contributed by atoms with Crippen molar-refractivity contribution in [3.63, 3.8) is 0 Å². The molecule has 4 nitrogen and oxygen atoms in total. The van der Waals surface area contributed by atoms with Gasteiger partial charge in [0.1, 0.15) is 0 Å². The Morgan fingerprint density at radius 1 is 0.310 bits per heavy atom. The third-order valence-corrected chi connectivity index (χ3v) is 7.97. The Labute approximate surface area is 297 Å². The quantitative estimate of drug-likeness (QED) is 0.0502. The molecule has 240 valence electrons. The first kappa shape index (κ1) is 49.4. The largest absolute Gasteiger partial charge is 4.00 e. The first-order chi connectivity index (χ1) is 19.5. The fraction of sp³-hybridized carbons (Fsp3) is 0.944. The van der Waals surface area contributed by atoms with Gasteiger partial charge in [-0.3, -0.25) is 0 Å². The van der Waals surface area contributed by atoms with Crippen molar-refractivity contribution < 1.29 is 19.8 Å². The van der Waals surface area contributed by atoms with Gasteiger partial charge in [0.15, 0.2) is 0 Å². The minimum Gasteiger partial charge on any atom is -0.550 e. The van der Waals surface area contributed by atoms with Crippen LogP contribution in [0.4, 0.5) is 0 Å². The summed E-state index contributed by atoms with van der Waals surface area (Å²) in [5.74, 6) is -1.81. The monoisotopic (exact) mass is 806 g/mol. The summed E-state index contributed by atoms with van der Waals surface area (Å²) in [7, 11) is 0. The number of carboxylic acid groups (broad SMARTS) is 2. The van der Waals surface area contributed by atoms with Crippen molar-refractivity contribution in [2.24, 2.45) is 0 Å². The molecule has 0 fully saturated rings. The molecular formula is C36H70O4Sn2+6. The van der Waals surface area contributed by atoms with E-state index in [2.05, 4.69) is 13.8 Å². The fourth-order valence-corrected chi connectivity index (χ4v) is 5.28. The van der Waals surface area contributed by atoms with E-state index in [9.17, 15) is 19.8 Å². The first-order valence-electron chi connectivity index (χ1n) is 17.9. The average molecular weight is 804 g/mol. The molecule has 0 N–H and O–H groups in total. The second kappa shape index (κ2) is 46.0. The molecule has 0 aliphatic heterocycles. The van der Waals surface area contributed by atoms with Gasteiger partial charge >= 0.3 is 47.8 Å². The van der Waals surface area contributed by atoms with Gasteiger partial charge in [-0.05, 0) is 25.7 Å². The summed E-state index contributed by atoms with van der Waals surface area (Å²) in [6.07, 6.45) is 39.7. The molecule has 0 radical (unpaired) electrons. The molecule has 0 rings (SSSR count). The van der Waals surface area contributed by atoms with Crippen LogP contribution >= 0.6 is 0 Å². The molecule has 0 aromatic carbocycles. The summed E-state index contributed by atoms with van der Waals surface area (Å²) in [6, 6.07) is 0. The smallest absolute Gasteiger partial charge is 0.550 e. The maximum Gasteiger partial charge on any atom is 4.00 e. The van der Waals surface area contributed by atoms with Crippen LogP contribution in [0.15, 0.2) is 0 Å². The standard InChI is InChI=1S/2C18H36O2.2Sn/c2*1-2-3-4-5-6-7-8-9-10-11-12-13-14-15-16-17-18(19)20;;/h2*2-17H2,1H3,(H,19,20);;/q;;2*+4/p-2. The zero-order chi connectivity index (χ0) is 29.8. The predicted molar refractivity (Wildman–Crippen MR) is 181 cm³/mol. The Morgan fingerprint density at radius 3 is 0.595 bits per heavy atom. The molecule has 0 aromatic rings. The Hall–Kier alpha value is 0.537. The summed E-state index contributed by atoms with van der Waals surface area (Å²) in [5.41, 5.74) is 0. The van der Waals surface area contributed by atoms with Gasteiger partial charge in [-0.15, -0.1) is 0 Å². The SMILES string of the molecule is CCCCCCCCCCCCCCCCCC(=O)[O-].CCCCCCCCCCCCCCCCCC(=O)[O-].[Sn+4].[Sn+4]. The predicted octanol–water partition coefficient (Wildman–Crippen LogP) is 9.23. The molecule has 0 unspecified atom stereocenters. The van der Waals surface area contributed by atoms with Gasteiger partial charge in [0.25, 0.3) is 0 Å². The fourth-order valence-electron chi connectivity index (χ4n) is 5.28. The molecule has 0 spiro atoms. The topological polar surface area (TPSA) is 80.3 Å². The van der Waals surface area contributed by atoms with E-state index < -0.39 is 11.9 Å². The van der Waals surface area contributed by atoms with Crippen LogP contribution in [0.25, 0.3) is 0 Å². The molecule has 0 amide bonds. The van der Waals surface area contributed by atoms with E-state index in [1.807, 2.05) is 0 Å². The van der Waals surface area contributed by atoms with Crippen LogP contribution in [0.3, 0.4) is 0 Å². The van der Waals surface area contributed by atoms with Gasteiger partial charge in [-0.25, -0.2) is 0 Å². The van der Waals surface area contributed by atoms with Gasteiger partial charge in [0.2, 0.25) is 0 Å². The van der Waals surface area contributed by atoms with E-state index >= 15 is 0 Å². The van der Waals surface area contributed by atoms with E-state index in [1.54, 1.807) is 0 Å². The molecule has 0 aliphatic carbocycles. The number of carbonyl (C=O) groups excluding carboxylic acids is 2. The van der Waals surface area contributed by atoms with Crippen LogP contribution < -0.4 is 10.2 Å². The van der Waals surface area contributed by atoms with Crippen molar-refractivity contribution in [1.82, 2.24) is 0 Å². The maximum absolute atomic E-state index is 10.2. The average Bonchev–Trinajstić information content (AvgIpc) is 2.93. The van der Waals surface area contributed by atoms with E-state index in [1.165, 1.54) is 167 Å². The van der Waals surface area contributed by atoms with Crippen LogP contribution in [-0.4, -0.2) is 59.8 Å². The van der Waals surface area contributed by atoms with Gasteiger partial charge in [0.05, 0.1) is 0 Å². The number of unbranched alkanes of at least 4 members (excludes halogenated alkanes) is 28. The Balaban J connectivity index is -0.000000328. The second-order valence-electron chi connectivity index (χ2n) is 12.1. The van der Waals surface area contributed by atoms with Crippen LogP contribution in [0.1, 0.15) is 219 Å². The summed E-state index contributed by atoms with van der Waals surface area (Å²) in [4.78, 5) is 20.4. The molecular weight excluding hydrogens is 734 g/mol. The molecule has 6 heteroatoms. The van der Waals surface area contributed by atoms with Crippen molar-refractivity contribution >= 4 is 59.8 Å². The van der Waals surface area contributed by atoms with E-state index in [-0.39, 0.29) is 60.7 Å². The maximum atomic E-state index is 10.2. The number of hydrogen-bond acceptors (Lipinski definition) is 4. The number of rotatable bonds is 32. The van der Waals surface area contributed by atoms with Gasteiger partial charge in [-0.1, -0.05) is 194 Å². The minimum absolute atomic E-state index is 0. The summed E-state index contributed by atoms with van der Waals surface area (Å²) in [6.45, 7) is 4.53. The first-order valence-corrected chi connectivity index (χ1v) is 17.9. The third-order valence-electron chi connectivity index (χ3n) is 7.97. The van der Waals surface area contributed by atoms with Crippen molar-refractivity contribution in [1.29, 1.82) is 0 Å². The van der Waals surface area contributed by atoms with E-state index in [4.69, 9.17) is 0 Å². The van der Waals surface area contributed by atoms with Crippen LogP contribution in [-0.2, 0) is 9.59 Å². The normalized spacial score (nSPS) is 10.3. The molecule has 0 aliphatic rings. The van der Waals surface area contributed by atoms with Crippen molar-refractivity contribution in [3.8, 4) is 0 Å². The van der Waals surface area contributed by atoms with Gasteiger partial charge in [-0.2, -0.15) is 0 Å². The number of aliphatic carboxylic acids is 2. The van der Waals surface area contributed by atoms with Crippen LogP contribution in [0.2, 0.25) is 0 Å². The third kappa shape index (κ3) is 53.1. The molecule has 42 heavy (non-hydrogen) atoms. The zero-order valence-electron chi connectivity index (χ0n) is 28.3. The molecule has 0 atom stereocenters. The van der Waals surface area contributed by atoms with Crippen molar-refractivity contribution in [2.45, 2.75) is 219 Å². The van der Waals surface area contributed by atoms with Crippen LogP contribution in [0.5, 0.6) is 0 Å². The Bertz CT molecular complexity index is 459. The van der Waals surface area contributed by atoms with Crippen LogP contribution in [0, 0.1) is 0 Å². The molecule has 0 saturated carbocycles. The molecule has 0 heterocycles.